The Hall–Kier alpha value is -2.16. The summed E-state index contributed by atoms with van der Waals surface area (Å²) in [5, 5.41) is 8.63. The normalized spacial score (nSPS) is 15.6. The van der Waals surface area contributed by atoms with Gasteiger partial charge in [0.05, 0.1) is 4.90 Å². The molecule has 146 valence electrons. The summed E-state index contributed by atoms with van der Waals surface area (Å²) in [4.78, 5) is 0.354. The number of aromatic nitrogens is 2. The van der Waals surface area contributed by atoms with Gasteiger partial charge in [0.25, 0.3) is 5.22 Å². The molecule has 0 saturated carbocycles. The maximum Gasteiger partial charge on any atom is 0.277 e. The summed E-state index contributed by atoms with van der Waals surface area (Å²) >= 11 is 1.43. The monoisotopic (exact) mass is 415 g/mol. The lowest BCUT2D eigenvalue weighted by Crippen LogP contribution is -2.35. The Morgan fingerprint density at radius 2 is 1.64 bits per heavy atom. The highest BCUT2D eigenvalue weighted by Crippen LogP contribution is 2.27. The summed E-state index contributed by atoms with van der Waals surface area (Å²) < 4.78 is 32.7. The number of hydrogen-bond acceptors (Lipinski definition) is 6. The summed E-state index contributed by atoms with van der Waals surface area (Å²) in [5.41, 5.74) is 1.89. The third kappa shape index (κ3) is 4.29. The molecule has 28 heavy (non-hydrogen) atoms. The first-order chi connectivity index (χ1) is 13.6. The third-order valence-corrected chi connectivity index (χ3v) is 7.47. The first-order valence-corrected chi connectivity index (χ1v) is 11.7. The van der Waals surface area contributed by atoms with E-state index in [4.69, 9.17) is 4.42 Å². The zero-order valence-electron chi connectivity index (χ0n) is 15.3. The molecule has 0 spiro atoms. The second-order valence-electron chi connectivity index (χ2n) is 6.64. The summed E-state index contributed by atoms with van der Waals surface area (Å²) in [6.07, 6.45) is 2.97. The minimum absolute atomic E-state index is 0.354. The van der Waals surface area contributed by atoms with E-state index >= 15 is 0 Å². The minimum atomic E-state index is -3.39. The zero-order chi connectivity index (χ0) is 19.4. The highest BCUT2D eigenvalue weighted by molar-refractivity contribution is 7.98. The van der Waals surface area contributed by atoms with E-state index < -0.39 is 10.0 Å². The Balaban J connectivity index is 1.39. The lowest BCUT2D eigenvalue weighted by molar-refractivity contribution is 0.346. The predicted octanol–water partition coefficient (Wildman–Crippen LogP) is 4.20. The SMILES string of the molecule is O=S(=O)(c1ccc(CSc2nnc(-c3ccccc3)o2)cc1)N1CCCCC1. The summed E-state index contributed by atoms with van der Waals surface area (Å²) in [5.74, 6) is 1.12. The van der Waals surface area contributed by atoms with Gasteiger partial charge in [0.2, 0.25) is 15.9 Å². The van der Waals surface area contributed by atoms with E-state index in [0.29, 0.717) is 34.9 Å². The van der Waals surface area contributed by atoms with Crippen LogP contribution in [0.1, 0.15) is 24.8 Å². The van der Waals surface area contributed by atoms with E-state index in [1.54, 1.807) is 16.4 Å². The lowest BCUT2D eigenvalue weighted by atomic mass is 10.2. The van der Waals surface area contributed by atoms with Crippen LogP contribution in [0.5, 0.6) is 0 Å². The Kier molecular flexibility index (Phi) is 5.79. The van der Waals surface area contributed by atoms with Crippen molar-refractivity contribution in [2.24, 2.45) is 0 Å². The van der Waals surface area contributed by atoms with Gasteiger partial charge in [-0.25, -0.2) is 8.42 Å². The molecule has 0 bridgehead atoms. The van der Waals surface area contributed by atoms with E-state index in [2.05, 4.69) is 10.2 Å². The van der Waals surface area contributed by atoms with Crippen LogP contribution >= 0.6 is 11.8 Å². The quantitative estimate of drug-likeness (QED) is 0.562. The Morgan fingerprint density at radius 3 is 2.36 bits per heavy atom. The second kappa shape index (κ2) is 8.46. The number of sulfonamides is 1. The average Bonchev–Trinajstić information content (AvgIpc) is 3.23. The molecule has 1 saturated heterocycles. The van der Waals surface area contributed by atoms with Crippen molar-refractivity contribution in [3.05, 3.63) is 60.2 Å². The van der Waals surface area contributed by atoms with Crippen LogP contribution in [0.4, 0.5) is 0 Å². The van der Waals surface area contributed by atoms with Crippen molar-refractivity contribution < 1.29 is 12.8 Å². The zero-order valence-corrected chi connectivity index (χ0v) is 17.0. The van der Waals surface area contributed by atoms with Crippen molar-refractivity contribution >= 4 is 21.8 Å². The van der Waals surface area contributed by atoms with E-state index in [9.17, 15) is 8.42 Å². The van der Waals surface area contributed by atoms with E-state index in [1.807, 2.05) is 42.5 Å². The van der Waals surface area contributed by atoms with Gasteiger partial charge >= 0.3 is 0 Å². The molecule has 1 aliphatic rings. The number of benzene rings is 2. The molecule has 0 unspecified atom stereocenters. The van der Waals surface area contributed by atoms with Crippen LogP contribution in [0, 0.1) is 0 Å². The van der Waals surface area contributed by atoms with E-state index in [0.717, 1.165) is 30.4 Å². The first kappa shape index (κ1) is 19.2. The van der Waals surface area contributed by atoms with Gasteiger partial charge in [-0.05, 0) is 42.7 Å². The molecule has 0 atom stereocenters. The fraction of sp³-hybridized carbons (Fsp3) is 0.300. The minimum Gasteiger partial charge on any atom is -0.411 e. The lowest BCUT2D eigenvalue weighted by Gasteiger charge is -2.25. The molecule has 2 heterocycles. The van der Waals surface area contributed by atoms with Crippen LogP contribution in [-0.4, -0.2) is 36.0 Å². The molecule has 0 amide bonds. The van der Waals surface area contributed by atoms with Crippen LogP contribution in [0.3, 0.4) is 0 Å². The largest absolute Gasteiger partial charge is 0.411 e. The van der Waals surface area contributed by atoms with Crippen LogP contribution in [0.2, 0.25) is 0 Å². The fourth-order valence-electron chi connectivity index (χ4n) is 3.12. The molecule has 6 nitrogen and oxygen atoms in total. The molecular weight excluding hydrogens is 394 g/mol. The van der Waals surface area contributed by atoms with Gasteiger partial charge < -0.3 is 4.42 Å². The summed E-state index contributed by atoms with van der Waals surface area (Å²) in [6.45, 7) is 1.22. The van der Waals surface area contributed by atoms with Gasteiger partial charge in [-0.15, -0.1) is 10.2 Å². The molecule has 1 aliphatic heterocycles. The van der Waals surface area contributed by atoms with Crippen molar-refractivity contribution in [3.8, 4) is 11.5 Å². The van der Waals surface area contributed by atoms with Gasteiger partial charge in [0.1, 0.15) is 0 Å². The summed E-state index contributed by atoms with van der Waals surface area (Å²) in [6, 6.07) is 16.7. The molecule has 4 rings (SSSR count). The fourth-order valence-corrected chi connectivity index (χ4v) is 5.36. The van der Waals surface area contributed by atoms with Crippen molar-refractivity contribution in [3.63, 3.8) is 0 Å². The van der Waals surface area contributed by atoms with E-state index in [-0.39, 0.29) is 0 Å². The first-order valence-electron chi connectivity index (χ1n) is 9.24. The third-order valence-electron chi connectivity index (χ3n) is 4.67. The molecule has 8 heteroatoms. The maximum absolute atomic E-state index is 12.7. The van der Waals surface area contributed by atoms with Gasteiger partial charge in [-0.2, -0.15) is 4.31 Å². The van der Waals surface area contributed by atoms with Crippen LogP contribution < -0.4 is 0 Å². The molecule has 0 aliphatic carbocycles. The Bertz CT molecular complexity index is 1010. The Morgan fingerprint density at radius 1 is 0.929 bits per heavy atom. The van der Waals surface area contributed by atoms with Crippen LogP contribution in [0.25, 0.3) is 11.5 Å². The second-order valence-corrected chi connectivity index (χ2v) is 9.50. The van der Waals surface area contributed by atoms with Crippen LogP contribution in [-0.2, 0) is 15.8 Å². The average molecular weight is 416 g/mol. The molecule has 0 N–H and O–H groups in total. The number of thioether (sulfide) groups is 1. The topological polar surface area (TPSA) is 76.3 Å². The van der Waals surface area contributed by atoms with Crippen molar-refractivity contribution in [1.29, 1.82) is 0 Å². The van der Waals surface area contributed by atoms with Crippen molar-refractivity contribution in [1.82, 2.24) is 14.5 Å². The smallest absolute Gasteiger partial charge is 0.277 e. The van der Waals surface area contributed by atoms with E-state index in [1.165, 1.54) is 11.8 Å². The van der Waals surface area contributed by atoms with Gasteiger partial charge in [0.15, 0.2) is 0 Å². The number of nitrogens with zero attached hydrogens (tertiary/aromatic N) is 3. The number of piperidine rings is 1. The molecule has 3 aromatic rings. The summed E-state index contributed by atoms with van der Waals surface area (Å²) in [7, 11) is -3.39. The molecular formula is C20H21N3O3S2. The van der Waals surface area contributed by atoms with Crippen LogP contribution in [0.15, 0.2) is 69.1 Å². The Labute approximate surface area is 169 Å². The van der Waals surface area contributed by atoms with Gasteiger partial charge in [-0.3, -0.25) is 0 Å². The number of hydrogen-bond donors (Lipinski definition) is 0. The maximum atomic E-state index is 12.7. The highest BCUT2D eigenvalue weighted by Gasteiger charge is 2.25. The van der Waals surface area contributed by atoms with Crippen molar-refractivity contribution in [2.45, 2.75) is 35.1 Å². The highest BCUT2D eigenvalue weighted by atomic mass is 32.2. The molecule has 2 aromatic carbocycles. The molecule has 0 radical (unpaired) electrons. The molecule has 1 aromatic heterocycles. The number of rotatable bonds is 6. The van der Waals surface area contributed by atoms with Crippen molar-refractivity contribution in [2.75, 3.05) is 13.1 Å². The van der Waals surface area contributed by atoms with Gasteiger partial charge in [-0.1, -0.05) is 48.5 Å². The predicted molar refractivity (Wildman–Crippen MR) is 108 cm³/mol. The molecule has 1 fully saturated rings. The van der Waals surface area contributed by atoms with Gasteiger partial charge in [0, 0.05) is 24.4 Å². The standard InChI is InChI=1S/C20H21N3O3S2/c24-28(25,23-13-5-2-6-14-23)18-11-9-16(10-12-18)15-27-20-22-21-19(26-20)17-7-3-1-4-8-17/h1,3-4,7-12H,2,5-6,13-15H2.